The number of H-pyrrole nitrogens is 2. The number of rotatable bonds is 3. The monoisotopic (exact) mass is 405 g/mol. The molecule has 1 unspecified atom stereocenters. The normalized spacial score (nSPS) is 16.7. The zero-order valence-electron chi connectivity index (χ0n) is 15.8. The zero-order valence-corrected chi connectivity index (χ0v) is 15.8. The predicted molar refractivity (Wildman–Crippen MR) is 107 cm³/mol. The van der Waals surface area contributed by atoms with Gasteiger partial charge in [-0.25, -0.2) is 14.3 Å². The van der Waals surface area contributed by atoms with Gasteiger partial charge in [-0.1, -0.05) is 24.3 Å². The van der Waals surface area contributed by atoms with Crippen LogP contribution in [0.15, 0.2) is 53.3 Å². The molecule has 0 spiro atoms. The number of halogens is 1. The summed E-state index contributed by atoms with van der Waals surface area (Å²) in [6.07, 6.45) is -0.207. The van der Waals surface area contributed by atoms with Gasteiger partial charge in [-0.15, -0.1) is 0 Å². The number of carbonyl (C=O) groups excluding carboxylic acids is 2. The number of anilines is 1. The van der Waals surface area contributed by atoms with Crippen LogP contribution in [0.2, 0.25) is 0 Å². The van der Waals surface area contributed by atoms with Crippen molar-refractivity contribution in [1.29, 1.82) is 0 Å². The third kappa shape index (κ3) is 2.59. The lowest BCUT2D eigenvalue weighted by Crippen LogP contribution is -2.32. The van der Waals surface area contributed by atoms with Crippen LogP contribution in [-0.4, -0.2) is 31.6 Å². The molecule has 1 fully saturated rings. The van der Waals surface area contributed by atoms with Gasteiger partial charge < -0.3 is 4.98 Å². The molecule has 8 nitrogen and oxygen atoms in total. The fourth-order valence-corrected chi connectivity index (χ4v) is 3.91. The third-order valence-corrected chi connectivity index (χ3v) is 5.29. The second kappa shape index (κ2) is 6.51. The van der Waals surface area contributed by atoms with Crippen LogP contribution < -0.4 is 10.5 Å². The van der Waals surface area contributed by atoms with Gasteiger partial charge in [0.25, 0.3) is 5.56 Å². The number of para-hydroxylation sites is 3. The minimum atomic E-state index is -0.994. The van der Waals surface area contributed by atoms with Crippen molar-refractivity contribution in [3.8, 4) is 5.95 Å². The molecule has 2 aromatic carbocycles. The molecule has 1 aliphatic rings. The van der Waals surface area contributed by atoms with Crippen LogP contribution in [0, 0.1) is 12.7 Å². The average Bonchev–Trinajstić information content (AvgIpc) is 3.36. The number of fused-ring (bicyclic) bond motifs is 1. The molecule has 5 rings (SSSR count). The molecule has 2 N–H and O–H groups in total. The number of carbonyl (C=O) groups is 2. The highest BCUT2D eigenvalue weighted by molar-refractivity contribution is 6.22. The van der Waals surface area contributed by atoms with E-state index in [1.807, 2.05) is 24.3 Å². The van der Waals surface area contributed by atoms with Crippen LogP contribution in [-0.2, 0) is 9.59 Å². The van der Waals surface area contributed by atoms with Gasteiger partial charge in [-0.3, -0.25) is 19.5 Å². The number of imidazole rings is 1. The Hall–Kier alpha value is -4.01. The van der Waals surface area contributed by atoms with E-state index < -0.39 is 29.1 Å². The number of nitrogens with zero attached hydrogens (tertiary/aromatic N) is 3. The molecule has 0 radical (unpaired) electrons. The topological polar surface area (TPSA) is 104 Å². The van der Waals surface area contributed by atoms with Gasteiger partial charge in [0.15, 0.2) is 0 Å². The van der Waals surface area contributed by atoms with Gasteiger partial charge in [0, 0.05) is 12.1 Å². The van der Waals surface area contributed by atoms with Crippen LogP contribution in [0.25, 0.3) is 17.0 Å². The first-order valence-electron chi connectivity index (χ1n) is 9.33. The minimum Gasteiger partial charge on any atom is -0.322 e. The van der Waals surface area contributed by atoms with E-state index in [1.54, 1.807) is 13.0 Å². The van der Waals surface area contributed by atoms with Crippen molar-refractivity contribution in [2.75, 3.05) is 4.90 Å². The number of imide groups is 1. The Kier molecular flexibility index (Phi) is 3.92. The highest BCUT2D eigenvalue weighted by atomic mass is 19.1. The van der Waals surface area contributed by atoms with Crippen molar-refractivity contribution >= 4 is 28.5 Å². The molecule has 2 amide bonds. The highest BCUT2D eigenvalue weighted by Crippen LogP contribution is 2.34. The Bertz CT molecular complexity index is 1350. The third-order valence-electron chi connectivity index (χ3n) is 5.29. The van der Waals surface area contributed by atoms with E-state index in [4.69, 9.17) is 0 Å². The van der Waals surface area contributed by atoms with Gasteiger partial charge in [-0.2, -0.15) is 4.68 Å². The molecule has 1 atom stereocenters. The first kappa shape index (κ1) is 18.0. The molecule has 0 saturated carbocycles. The predicted octanol–water partition coefficient (Wildman–Crippen LogP) is 2.54. The fraction of sp³-hybridized carbons (Fsp3) is 0.143. The zero-order chi connectivity index (χ0) is 21.0. The minimum absolute atomic E-state index is 0.110. The summed E-state index contributed by atoms with van der Waals surface area (Å²) in [5.41, 5.74) is 1.47. The second-order valence-electron chi connectivity index (χ2n) is 7.14. The van der Waals surface area contributed by atoms with Crippen molar-refractivity contribution in [1.82, 2.24) is 19.7 Å². The summed E-state index contributed by atoms with van der Waals surface area (Å²) in [7, 11) is 0. The summed E-state index contributed by atoms with van der Waals surface area (Å²) in [4.78, 5) is 47.0. The summed E-state index contributed by atoms with van der Waals surface area (Å²) in [5, 5.41) is 2.92. The summed E-state index contributed by atoms with van der Waals surface area (Å²) in [6, 6.07) is 12.9. The van der Waals surface area contributed by atoms with Crippen LogP contribution >= 0.6 is 0 Å². The standard InChI is InChI=1S/C21H16FN5O3/c1-11-18(12-10-17(28)26(19(12)29)16-9-5-2-6-13(16)22)20(30)27(25-11)21-23-14-7-3-4-8-15(14)24-21/h2-9,12,25H,10H2,1H3,(H,23,24). The maximum absolute atomic E-state index is 14.2. The van der Waals surface area contributed by atoms with E-state index in [0.29, 0.717) is 11.2 Å². The molecule has 30 heavy (non-hydrogen) atoms. The van der Waals surface area contributed by atoms with Crippen LogP contribution in [0.3, 0.4) is 0 Å². The fourth-order valence-electron chi connectivity index (χ4n) is 3.91. The second-order valence-corrected chi connectivity index (χ2v) is 7.14. The Morgan fingerprint density at radius 3 is 2.57 bits per heavy atom. The number of aromatic amines is 2. The van der Waals surface area contributed by atoms with Crippen molar-refractivity contribution in [2.24, 2.45) is 0 Å². The maximum atomic E-state index is 14.2. The first-order chi connectivity index (χ1) is 14.5. The van der Waals surface area contributed by atoms with Gasteiger partial charge in [0.05, 0.1) is 28.2 Å². The first-order valence-corrected chi connectivity index (χ1v) is 9.33. The number of aromatic nitrogens is 4. The van der Waals surface area contributed by atoms with Crippen molar-refractivity contribution in [2.45, 2.75) is 19.3 Å². The van der Waals surface area contributed by atoms with Gasteiger partial charge >= 0.3 is 0 Å². The Balaban J connectivity index is 1.57. The number of benzene rings is 2. The lowest BCUT2D eigenvalue weighted by atomic mass is 9.98. The van der Waals surface area contributed by atoms with Crippen molar-refractivity contribution in [3.63, 3.8) is 0 Å². The molecule has 4 aromatic rings. The maximum Gasteiger partial charge on any atom is 0.278 e. The number of aryl methyl sites for hydroxylation is 1. The Morgan fingerprint density at radius 2 is 1.80 bits per heavy atom. The highest BCUT2D eigenvalue weighted by Gasteiger charge is 2.44. The van der Waals surface area contributed by atoms with Gasteiger partial charge in [0.1, 0.15) is 5.82 Å². The number of nitrogens with one attached hydrogen (secondary N) is 2. The summed E-state index contributed by atoms with van der Waals surface area (Å²) < 4.78 is 15.4. The van der Waals surface area contributed by atoms with Gasteiger partial charge in [0.2, 0.25) is 17.8 Å². The molecule has 3 heterocycles. The molecular weight excluding hydrogens is 389 g/mol. The molecule has 150 valence electrons. The lowest BCUT2D eigenvalue weighted by molar-refractivity contribution is -0.121. The van der Waals surface area contributed by atoms with Crippen molar-refractivity contribution < 1.29 is 14.0 Å². The molecule has 1 aliphatic heterocycles. The lowest BCUT2D eigenvalue weighted by Gasteiger charge is -2.15. The van der Waals surface area contributed by atoms with E-state index >= 15 is 0 Å². The van der Waals surface area contributed by atoms with Crippen LogP contribution in [0.1, 0.15) is 23.6 Å². The molecule has 0 bridgehead atoms. The van der Waals surface area contributed by atoms with E-state index in [0.717, 1.165) is 10.4 Å². The van der Waals surface area contributed by atoms with Crippen LogP contribution in [0.5, 0.6) is 0 Å². The summed E-state index contributed by atoms with van der Waals surface area (Å²) >= 11 is 0. The SMILES string of the molecule is Cc1[nH]n(-c2nc3ccccc3[nH]2)c(=O)c1C1CC(=O)N(c2ccccc2F)C1=O. The van der Waals surface area contributed by atoms with Crippen LogP contribution in [0.4, 0.5) is 10.1 Å². The van der Waals surface area contributed by atoms with E-state index in [-0.39, 0.29) is 23.6 Å². The molecule has 0 aliphatic carbocycles. The van der Waals surface area contributed by atoms with Crippen molar-refractivity contribution in [3.05, 3.63) is 76.0 Å². The van der Waals surface area contributed by atoms with E-state index in [1.165, 1.54) is 22.9 Å². The quantitative estimate of drug-likeness (QED) is 0.511. The largest absolute Gasteiger partial charge is 0.322 e. The Labute approximate surface area is 168 Å². The molecular formula is C21H16FN5O3. The number of hydrogen-bond acceptors (Lipinski definition) is 4. The van der Waals surface area contributed by atoms with E-state index in [9.17, 15) is 18.8 Å². The molecule has 2 aromatic heterocycles. The van der Waals surface area contributed by atoms with Gasteiger partial charge in [-0.05, 0) is 31.2 Å². The molecule has 1 saturated heterocycles. The average molecular weight is 405 g/mol. The Morgan fingerprint density at radius 1 is 1.07 bits per heavy atom. The van der Waals surface area contributed by atoms with E-state index in [2.05, 4.69) is 15.1 Å². The number of amides is 2. The smallest absolute Gasteiger partial charge is 0.278 e. The summed E-state index contributed by atoms with van der Waals surface area (Å²) in [5.74, 6) is -2.57. The number of hydrogen-bond donors (Lipinski definition) is 2. The molecule has 9 heteroatoms. The summed E-state index contributed by atoms with van der Waals surface area (Å²) in [6.45, 7) is 1.65.